The van der Waals surface area contributed by atoms with Gasteiger partial charge in [0.2, 0.25) is 0 Å². The van der Waals surface area contributed by atoms with E-state index in [2.05, 4.69) is 38.5 Å². The maximum atomic E-state index is 12.0. The fraction of sp³-hybridized carbons (Fsp3) is 0.600. The Labute approximate surface area is 139 Å². The van der Waals surface area contributed by atoms with Crippen LogP contribution in [0.1, 0.15) is 26.5 Å². The number of carbonyl (C=O) groups excluding carboxylic acids is 1. The molecule has 1 saturated heterocycles. The number of rotatable bonds is 1. The first-order valence-corrected chi connectivity index (χ1v) is 8.20. The third kappa shape index (κ3) is 4.46. The summed E-state index contributed by atoms with van der Waals surface area (Å²) >= 11 is 2.29. The predicted octanol–water partition coefficient (Wildman–Crippen LogP) is 3.05. The molecule has 0 bridgehead atoms. The van der Waals surface area contributed by atoms with Gasteiger partial charge in [-0.3, -0.25) is 0 Å². The number of pyridine rings is 1. The van der Waals surface area contributed by atoms with E-state index in [-0.39, 0.29) is 6.09 Å². The first kappa shape index (κ1) is 16.3. The van der Waals surface area contributed by atoms with E-state index in [1.54, 1.807) is 4.90 Å². The molecule has 1 aliphatic rings. The molecule has 0 N–H and O–H groups in total. The molecule has 5 nitrogen and oxygen atoms in total. The first-order chi connectivity index (χ1) is 9.76. The van der Waals surface area contributed by atoms with Crippen molar-refractivity contribution in [2.24, 2.45) is 0 Å². The summed E-state index contributed by atoms with van der Waals surface area (Å²) < 4.78 is 6.57. The van der Waals surface area contributed by atoms with Crippen molar-refractivity contribution < 1.29 is 9.53 Å². The molecule has 0 radical (unpaired) electrons. The molecule has 116 valence electrons. The van der Waals surface area contributed by atoms with Crippen molar-refractivity contribution in [1.29, 1.82) is 0 Å². The van der Waals surface area contributed by atoms with Gasteiger partial charge in [-0.15, -0.1) is 0 Å². The minimum atomic E-state index is -0.441. The van der Waals surface area contributed by atoms with Gasteiger partial charge in [0.05, 0.1) is 5.69 Å². The maximum absolute atomic E-state index is 12.0. The van der Waals surface area contributed by atoms with Crippen LogP contribution in [-0.4, -0.2) is 47.8 Å². The number of anilines is 1. The van der Waals surface area contributed by atoms with Crippen molar-refractivity contribution in [1.82, 2.24) is 9.88 Å². The molecule has 1 fully saturated rings. The Balaban J connectivity index is 1.94. The number of ether oxygens (including phenoxy) is 1. The molecular formula is C15H22IN3O2. The molecule has 0 aromatic carbocycles. The SMILES string of the molecule is Cc1nc(N2CCN(C(=O)OC(C)(C)C)CC2)ccc1I. The number of aromatic nitrogens is 1. The fourth-order valence-electron chi connectivity index (χ4n) is 2.15. The van der Waals surface area contributed by atoms with Gasteiger partial charge in [-0.2, -0.15) is 0 Å². The van der Waals surface area contributed by atoms with Gasteiger partial charge in [0.25, 0.3) is 0 Å². The van der Waals surface area contributed by atoms with Crippen LogP contribution < -0.4 is 4.90 Å². The van der Waals surface area contributed by atoms with Gasteiger partial charge < -0.3 is 14.5 Å². The van der Waals surface area contributed by atoms with E-state index < -0.39 is 5.60 Å². The average Bonchev–Trinajstić information content (AvgIpc) is 2.40. The lowest BCUT2D eigenvalue weighted by Gasteiger charge is -2.36. The number of aryl methyl sites for hydroxylation is 1. The van der Waals surface area contributed by atoms with Gasteiger partial charge in [0.1, 0.15) is 11.4 Å². The summed E-state index contributed by atoms with van der Waals surface area (Å²) in [5.74, 6) is 0.983. The van der Waals surface area contributed by atoms with Crippen LogP contribution in [0, 0.1) is 10.5 Å². The Bertz CT molecular complexity index is 520. The van der Waals surface area contributed by atoms with E-state index in [1.165, 1.54) is 3.57 Å². The Kier molecular flexibility index (Phi) is 4.95. The van der Waals surface area contributed by atoms with Crippen LogP contribution in [0.3, 0.4) is 0 Å². The van der Waals surface area contributed by atoms with Crippen molar-refractivity contribution in [3.8, 4) is 0 Å². The Morgan fingerprint density at radius 3 is 2.38 bits per heavy atom. The molecular weight excluding hydrogens is 381 g/mol. The number of hydrogen-bond donors (Lipinski definition) is 0. The third-order valence-electron chi connectivity index (χ3n) is 3.26. The summed E-state index contributed by atoms with van der Waals surface area (Å²) in [4.78, 5) is 20.6. The van der Waals surface area contributed by atoms with Crippen LogP contribution >= 0.6 is 22.6 Å². The molecule has 1 aromatic rings. The van der Waals surface area contributed by atoms with Crippen molar-refractivity contribution >= 4 is 34.5 Å². The first-order valence-electron chi connectivity index (χ1n) is 7.12. The zero-order valence-corrected chi connectivity index (χ0v) is 15.2. The molecule has 0 unspecified atom stereocenters. The maximum Gasteiger partial charge on any atom is 0.410 e. The molecule has 2 heterocycles. The summed E-state index contributed by atoms with van der Waals surface area (Å²) in [5, 5.41) is 0. The van der Waals surface area contributed by atoms with Gasteiger partial charge in [0.15, 0.2) is 0 Å². The monoisotopic (exact) mass is 403 g/mol. The summed E-state index contributed by atoms with van der Waals surface area (Å²) in [6, 6.07) is 4.12. The zero-order valence-electron chi connectivity index (χ0n) is 13.0. The zero-order chi connectivity index (χ0) is 15.6. The number of nitrogens with zero attached hydrogens (tertiary/aromatic N) is 3. The molecule has 0 aliphatic carbocycles. The fourth-order valence-corrected chi connectivity index (χ4v) is 2.45. The number of hydrogen-bond acceptors (Lipinski definition) is 4. The molecule has 1 aromatic heterocycles. The lowest BCUT2D eigenvalue weighted by atomic mass is 10.2. The second kappa shape index (κ2) is 6.37. The van der Waals surface area contributed by atoms with Crippen LogP contribution in [0.4, 0.5) is 10.6 Å². The highest BCUT2D eigenvalue weighted by Crippen LogP contribution is 2.18. The smallest absolute Gasteiger partial charge is 0.410 e. The lowest BCUT2D eigenvalue weighted by Crippen LogP contribution is -2.50. The topological polar surface area (TPSA) is 45.7 Å². The van der Waals surface area contributed by atoms with Gasteiger partial charge in [-0.1, -0.05) is 0 Å². The van der Waals surface area contributed by atoms with Gasteiger partial charge in [-0.05, 0) is 62.4 Å². The van der Waals surface area contributed by atoms with E-state index >= 15 is 0 Å². The molecule has 0 saturated carbocycles. The Hall–Kier alpha value is -1.05. The second-order valence-corrected chi connectivity index (χ2v) is 7.35. The minimum Gasteiger partial charge on any atom is -0.444 e. The van der Waals surface area contributed by atoms with Crippen molar-refractivity contribution in [2.45, 2.75) is 33.3 Å². The highest BCUT2D eigenvalue weighted by Gasteiger charge is 2.26. The van der Waals surface area contributed by atoms with Crippen molar-refractivity contribution in [2.75, 3.05) is 31.1 Å². The number of amides is 1. The summed E-state index contributed by atoms with van der Waals surface area (Å²) in [6.45, 7) is 10.6. The third-order valence-corrected chi connectivity index (χ3v) is 4.40. The quantitative estimate of drug-likeness (QED) is 0.677. The standard InChI is InChI=1S/C15H22IN3O2/c1-11-12(16)5-6-13(17-11)18-7-9-19(10-8-18)14(20)21-15(2,3)4/h5-6H,7-10H2,1-4H3. The second-order valence-electron chi connectivity index (χ2n) is 6.19. The Morgan fingerprint density at radius 2 is 1.86 bits per heavy atom. The number of carbonyl (C=O) groups is 1. The van der Waals surface area contributed by atoms with E-state index in [9.17, 15) is 4.79 Å². The van der Waals surface area contributed by atoms with Crippen LogP contribution in [0.5, 0.6) is 0 Å². The van der Waals surface area contributed by atoms with E-state index in [4.69, 9.17) is 4.74 Å². The van der Waals surface area contributed by atoms with Crippen molar-refractivity contribution in [3.63, 3.8) is 0 Å². The minimum absolute atomic E-state index is 0.228. The number of piperazine rings is 1. The summed E-state index contributed by atoms with van der Waals surface area (Å²) in [7, 11) is 0. The van der Waals surface area contributed by atoms with E-state index in [0.29, 0.717) is 13.1 Å². The van der Waals surface area contributed by atoms with Gasteiger partial charge >= 0.3 is 6.09 Å². The van der Waals surface area contributed by atoms with Gasteiger partial charge in [0, 0.05) is 29.7 Å². The molecule has 1 aliphatic heterocycles. The van der Waals surface area contributed by atoms with E-state index in [1.807, 2.05) is 33.8 Å². The highest BCUT2D eigenvalue weighted by molar-refractivity contribution is 14.1. The normalized spacial score (nSPS) is 16.0. The molecule has 2 rings (SSSR count). The predicted molar refractivity (Wildman–Crippen MR) is 91.7 cm³/mol. The molecule has 1 amide bonds. The van der Waals surface area contributed by atoms with E-state index in [0.717, 1.165) is 24.6 Å². The van der Waals surface area contributed by atoms with Crippen LogP contribution in [-0.2, 0) is 4.74 Å². The van der Waals surface area contributed by atoms with Crippen molar-refractivity contribution in [3.05, 3.63) is 21.4 Å². The average molecular weight is 403 g/mol. The summed E-state index contributed by atoms with van der Waals surface area (Å²) in [5.41, 5.74) is 0.603. The summed E-state index contributed by atoms with van der Waals surface area (Å²) in [6.07, 6.45) is -0.228. The van der Waals surface area contributed by atoms with Crippen LogP contribution in [0.15, 0.2) is 12.1 Å². The Morgan fingerprint density at radius 1 is 1.24 bits per heavy atom. The van der Waals surface area contributed by atoms with Crippen LogP contribution in [0.2, 0.25) is 0 Å². The molecule has 0 atom stereocenters. The van der Waals surface area contributed by atoms with Crippen LogP contribution in [0.25, 0.3) is 0 Å². The number of halogens is 1. The molecule has 6 heteroatoms. The van der Waals surface area contributed by atoms with Gasteiger partial charge in [-0.25, -0.2) is 9.78 Å². The lowest BCUT2D eigenvalue weighted by molar-refractivity contribution is 0.0240. The molecule has 0 spiro atoms. The highest BCUT2D eigenvalue weighted by atomic mass is 127. The molecule has 21 heavy (non-hydrogen) atoms. The largest absolute Gasteiger partial charge is 0.444 e.